The fourth-order valence-corrected chi connectivity index (χ4v) is 1.33. The van der Waals surface area contributed by atoms with Gasteiger partial charge in [-0.05, 0) is 40.0 Å². The minimum Gasteiger partial charge on any atom is -0.457 e. The van der Waals surface area contributed by atoms with E-state index in [-0.39, 0.29) is 0 Å². The topological polar surface area (TPSA) is 52.6 Å². The molecule has 0 radical (unpaired) electrons. The summed E-state index contributed by atoms with van der Waals surface area (Å²) in [4.78, 5) is 21.9. The number of hydrogen-bond acceptors (Lipinski definition) is 4. The molecule has 0 aromatic rings. The molecule has 0 aromatic heterocycles. The van der Waals surface area contributed by atoms with Gasteiger partial charge in [0.15, 0.2) is 0 Å². The van der Waals surface area contributed by atoms with E-state index < -0.39 is 17.2 Å². The zero-order valence-electron chi connectivity index (χ0n) is 8.83. The van der Waals surface area contributed by atoms with E-state index in [4.69, 9.17) is 9.47 Å². The van der Waals surface area contributed by atoms with Gasteiger partial charge in [0.25, 0.3) is 6.47 Å². The average molecular weight is 200 g/mol. The fourth-order valence-electron chi connectivity index (χ4n) is 1.33. The zero-order chi connectivity index (χ0) is 10.8. The highest BCUT2D eigenvalue weighted by Crippen LogP contribution is 2.37. The molecule has 0 spiro atoms. The van der Waals surface area contributed by atoms with Crippen molar-refractivity contribution in [2.45, 2.75) is 51.2 Å². The molecule has 0 N–H and O–H groups in total. The number of carbonyl (C=O) groups is 2. The van der Waals surface area contributed by atoms with E-state index in [9.17, 15) is 9.59 Å². The Labute approximate surface area is 83.6 Å². The summed E-state index contributed by atoms with van der Waals surface area (Å²) in [5, 5.41) is 0. The van der Waals surface area contributed by atoms with Crippen molar-refractivity contribution in [1.29, 1.82) is 0 Å². The molecule has 1 fully saturated rings. The number of carbonyl (C=O) groups excluding carboxylic acids is 2. The molecule has 0 atom stereocenters. The van der Waals surface area contributed by atoms with Crippen molar-refractivity contribution in [3.05, 3.63) is 0 Å². The van der Waals surface area contributed by atoms with Gasteiger partial charge in [-0.15, -0.1) is 0 Å². The molecule has 0 bridgehead atoms. The lowest BCUT2D eigenvalue weighted by atomic mass is 9.80. The van der Waals surface area contributed by atoms with Gasteiger partial charge in [0.05, 0.1) is 0 Å². The van der Waals surface area contributed by atoms with Gasteiger partial charge in [-0.1, -0.05) is 0 Å². The summed E-state index contributed by atoms with van der Waals surface area (Å²) < 4.78 is 9.99. The molecule has 0 unspecified atom stereocenters. The number of ether oxygens (including phenoxy) is 2. The van der Waals surface area contributed by atoms with Crippen molar-refractivity contribution < 1.29 is 19.1 Å². The van der Waals surface area contributed by atoms with Gasteiger partial charge >= 0.3 is 5.97 Å². The SMILES string of the molecule is CC(C)(C)OC(=O)C1(OC=O)CCC1. The van der Waals surface area contributed by atoms with Crippen molar-refractivity contribution in [1.82, 2.24) is 0 Å². The maximum Gasteiger partial charge on any atom is 0.351 e. The molecule has 0 saturated heterocycles. The molecule has 1 aliphatic rings. The van der Waals surface area contributed by atoms with Gasteiger partial charge in [0, 0.05) is 0 Å². The van der Waals surface area contributed by atoms with E-state index >= 15 is 0 Å². The molecular weight excluding hydrogens is 184 g/mol. The predicted octanol–water partition coefficient (Wildman–Crippen LogP) is 1.42. The Morgan fingerprint density at radius 2 is 1.93 bits per heavy atom. The normalized spacial score (nSPS) is 19.4. The van der Waals surface area contributed by atoms with Crippen molar-refractivity contribution in [2.75, 3.05) is 0 Å². The van der Waals surface area contributed by atoms with E-state index in [1.54, 1.807) is 20.8 Å². The molecule has 0 amide bonds. The molecule has 4 heteroatoms. The van der Waals surface area contributed by atoms with Crippen LogP contribution in [0, 0.1) is 0 Å². The first kappa shape index (κ1) is 11.0. The Morgan fingerprint density at radius 1 is 1.36 bits per heavy atom. The van der Waals surface area contributed by atoms with E-state index in [1.165, 1.54) is 0 Å². The van der Waals surface area contributed by atoms with E-state index in [0.717, 1.165) is 6.42 Å². The number of esters is 1. The lowest BCUT2D eigenvalue weighted by Gasteiger charge is -2.38. The lowest BCUT2D eigenvalue weighted by molar-refractivity contribution is -0.195. The second kappa shape index (κ2) is 3.59. The van der Waals surface area contributed by atoms with Crippen LogP contribution < -0.4 is 0 Å². The summed E-state index contributed by atoms with van der Waals surface area (Å²) in [6.45, 7) is 5.69. The van der Waals surface area contributed by atoms with Gasteiger partial charge in [0.1, 0.15) is 5.60 Å². The van der Waals surface area contributed by atoms with Crippen LogP contribution in [-0.2, 0) is 19.1 Å². The molecule has 0 aromatic carbocycles. The summed E-state index contributed by atoms with van der Waals surface area (Å²) in [6, 6.07) is 0. The molecule has 4 nitrogen and oxygen atoms in total. The maximum atomic E-state index is 11.6. The summed E-state index contributed by atoms with van der Waals surface area (Å²) in [7, 11) is 0. The Balaban J connectivity index is 2.61. The van der Waals surface area contributed by atoms with Gasteiger partial charge in [-0.25, -0.2) is 4.79 Å². The summed E-state index contributed by atoms with van der Waals surface area (Å²) in [5.41, 5.74) is -1.53. The highest BCUT2D eigenvalue weighted by molar-refractivity contribution is 5.82. The predicted molar refractivity (Wildman–Crippen MR) is 49.6 cm³/mol. The van der Waals surface area contributed by atoms with Crippen LogP contribution in [-0.4, -0.2) is 23.6 Å². The minimum atomic E-state index is -0.991. The second-order valence-electron chi connectivity index (χ2n) is 4.56. The molecule has 1 rings (SSSR count). The first-order chi connectivity index (χ1) is 6.40. The van der Waals surface area contributed by atoms with Gasteiger partial charge in [-0.3, -0.25) is 4.79 Å². The van der Waals surface area contributed by atoms with Crippen LogP contribution in [0.3, 0.4) is 0 Å². The molecule has 80 valence electrons. The third-order valence-electron chi connectivity index (χ3n) is 2.21. The van der Waals surface area contributed by atoms with E-state index in [0.29, 0.717) is 19.3 Å². The summed E-state index contributed by atoms with van der Waals surface area (Å²) in [5.74, 6) is -0.427. The van der Waals surface area contributed by atoms with Crippen molar-refractivity contribution in [3.63, 3.8) is 0 Å². The van der Waals surface area contributed by atoms with Gasteiger partial charge in [-0.2, -0.15) is 0 Å². The van der Waals surface area contributed by atoms with Crippen molar-refractivity contribution >= 4 is 12.4 Å². The fraction of sp³-hybridized carbons (Fsp3) is 0.800. The minimum absolute atomic E-state index is 0.322. The average Bonchev–Trinajstić information content (AvgIpc) is 1.92. The quantitative estimate of drug-likeness (QED) is 0.510. The smallest absolute Gasteiger partial charge is 0.351 e. The Kier molecular flexibility index (Phi) is 2.83. The molecule has 1 aliphatic carbocycles. The molecule has 1 saturated carbocycles. The van der Waals surface area contributed by atoms with Crippen LogP contribution in [0.4, 0.5) is 0 Å². The Hall–Kier alpha value is -1.06. The molecular formula is C10H16O4. The van der Waals surface area contributed by atoms with Crippen molar-refractivity contribution in [3.8, 4) is 0 Å². The van der Waals surface area contributed by atoms with Crippen LogP contribution in [0.5, 0.6) is 0 Å². The third kappa shape index (κ3) is 2.25. The van der Waals surface area contributed by atoms with Crippen molar-refractivity contribution in [2.24, 2.45) is 0 Å². The third-order valence-corrected chi connectivity index (χ3v) is 2.21. The second-order valence-corrected chi connectivity index (χ2v) is 4.56. The monoisotopic (exact) mass is 200 g/mol. The number of rotatable bonds is 3. The highest BCUT2D eigenvalue weighted by Gasteiger charge is 2.49. The number of hydrogen-bond donors (Lipinski definition) is 0. The lowest BCUT2D eigenvalue weighted by Crippen LogP contribution is -2.50. The highest BCUT2D eigenvalue weighted by atomic mass is 16.6. The van der Waals surface area contributed by atoms with Crippen LogP contribution in [0.25, 0.3) is 0 Å². The molecule has 14 heavy (non-hydrogen) atoms. The molecule has 0 aliphatic heterocycles. The molecule has 0 heterocycles. The van der Waals surface area contributed by atoms with E-state index in [1.807, 2.05) is 0 Å². The van der Waals surface area contributed by atoms with Gasteiger partial charge < -0.3 is 9.47 Å². The zero-order valence-corrected chi connectivity index (χ0v) is 8.83. The van der Waals surface area contributed by atoms with Crippen LogP contribution in [0.2, 0.25) is 0 Å². The maximum absolute atomic E-state index is 11.6. The van der Waals surface area contributed by atoms with E-state index in [2.05, 4.69) is 0 Å². The summed E-state index contributed by atoms with van der Waals surface area (Å²) in [6.07, 6.45) is 2.04. The van der Waals surface area contributed by atoms with Crippen LogP contribution >= 0.6 is 0 Å². The van der Waals surface area contributed by atoms with Crippen LogP contribution in [0.1, 0.15) is 40.0 Å². The van der Waals surface area contributed by atoms with Gasteiger partial charge in [0.2, 0.25) is 5.60 Å². The first-order valence-corrected chi connectivity index (χ1v) is 4.75. The largest absolute Gasteiger partial charge is 0.457 e. The first-order valence-electron chi connectivity index (χ1n) is 4.75. The van der Waals surface area contributed by atoms with Crippen LogP contribution in [0.15, 0.2) is 0 Å². The standard InChI is InChI=1S/C10H16O4/c1-9(2,3)14-8(12)10(13-7-11)5-4-6-10/h7H,4-6H2,1-3H3. The Morgan fingerprint density at radius 3 is 2.21 bits per heavy atom. The Bertz CT molecular complexity index is 235. The summed E-state index contributed by atoms with van der Waals surface area (Å²) >= 11 is 0.